The summed E-state index contributed by atoms with van der Waals surface area (Å²) < 4.78 is 23.0. The topological polar surface area (TPSA) is 57.2 Å². The van der Waals surface area contributed by atoms with Crippen molar-refractivity contribution in [1.82, 2.24) is 0 Å². The van der Waals surface area contributed by atoms with Gasteiger partial charge in [-0.15, -0.1) is 0 Å². The van der Waals surface area contributed by atoms with Gasteiger partial charge in [0.15, 0.2) is 12.5 Å². The lowest BCUT2D eigenvalue weighted by molar-refractivity contribution is 0.0510. The monoisotopic (exact) mass is 460 g/mol. The first-order chi connectivity index (χ1) is 15.1. The molecule has 0 heterocycles. The minimum atomic E-state index is -2.16. The third-order valence-corrected chi connectivity index (χ3v) is 12.2. The Morgan fingerprint density at radius 3 is 2.06 bits per heavy atom. The van der Waals surface area contributed by atoms with Crippen LogP contribution < -0.4 is 13.9 Å². The molecule has 5 nitrogen and oxygen atoms in total. The molecule has 0 aliphatic rings. The van der Waals surface area contributed by atoms with E-state index in [2.05, 4.69) is 41.5 Å². The first-order valence-corrected chi connectivity index (χ1v) is 13.5. The van der Waals surface area contributed by atoms with E-state index in [-0.39, 0.29) is 6.79 Å². The maximum Gasteiger partial charge on any atom is 0.258 e. The van der Waals surface area contributed by atoms with Crippen LogP contribution >= 0.6 is 0 Å². The summed E-state index contributed by atoms with van der Waals surface area (Å²) in [5.41, 5.74) is 3.12. The van der Waals surface area contributed by atoms with E-state index < -0.39 is 14.4 Å². The standard InChI is InChI=1S/C26H40O5Si/c1-18(2)32(19(3)4,20(5)6)31-26-16-22(12-13-25(26)29-8)24(27)15-21-10-9-11-23(14-21)30-17-28-7/h9-14,16,18-20,24,27H,15,17H2,1-8H3/t24-/m1/s1. The molecule has 1 N–H and O–H groups in total. The SMILES string of the molecule is COCOc1cccc(C[C@@H](O)c2ccc(OC)c(O[Si](C(C)C)(C(C)C)C(C)C)c2)c1. The molecular formula is C26H40O5Si. The Balaban J connectivity index is 2.32. The van der Waals surface area contributed by atoms with Crippen molar-refractivity contribution >= 4 is 8.32 Å². The Bertz CT molecular complexity index is 828. The van der Waals surface area contributed by atoms with Crippen LogP contribution in [0.3, 0.4) is 0 Å². The zero-order valence-corrected chi connectivity index (χ0v) is 21.8. The minimum absolute atomic E-state index is 0.193. The van der Waals surface area contributed by atoms with Crippen LogP contribution in [-0.2, 0) is 11.2 Å². The molecule has 2 rings (SSSR count). The first kappa shape index (κ1) is 26.2. The summed E-state index contributed by atoms with van der Waals surface area (Å²) >= 11 is 0. The molecular weight excluding hydrogens is 420 g/mol. The molecule has 2 aromatic carbocycles. The van der Waals surface area contributed by atoms with E-state index in [9.17, 15) is 5.11 Å². The Morgan fingerprint density at radius 2 is 1.50 bits per heavy atom. The minimum Gasteiger partial charge on any atom is -0.540 e. The smallest absolute Gasteiger partial charge is 0.258 e. The van der Waals surface area contributed by atoms with Gasteiger partial charge >= 0.3 is 0 Å². The number of aliphatic hydroxyl groups excluding tert-OH is 1. The van der Waals surface area contributed by atoms with Crippen LogP contribution in [0.1, 0.15) is 58.8 Å². The Kier molecular flexibility index (Phi) is 9.61. The Labute approximate surface area is 194 Å². The molecule has 0 aromatic heterocycles. The van der Waals surface area contributed by atoms with Crippen molar-refractivity contribution in [2.24, 2.45) is 0 Å². The van der Waals surface area contributed by atoms with Crippen molar-refractivity contribution in [2.75, 3.05) is 21.0 Å². The van der Waals surface area contributed by atoms with Gasteiger partial charge in [-0.1, -0.05) is 59.7 Å². The van der Waals surface area contributed by atoms with E-state index in [4.69, 9.17) is 18.6 Å². The zero-order valence-electron chi connectivity index (χ0n) is 20.8. The maximum absolute atomic E-state index is 11.0. The predicted octanol–water partition coefficient (Wildman–Crippen LogP) is 6.51. The summed E-state index contributed by atoms with van der Waals surface area (Å²) in [7, 11) is 1.09. The van der Waals surface area contributed by atoms with Crippen molar-refractivity contribution in [3.05, 3.63) is 53.6 Å². The van der Waals surface area contributed by atoms with E-state index in [0.717, 1.165) is 22.6 Å². The van der Waals surface area contributed by atoms with Gasteiger partial charge in [0.2, 0.25) is 0 Å². The van der Waals surface area contributed by atoms with Crippen molar-refractivity contribution in [2.45, 2.75) is 70.7 Å². The fraction of sp³-hybridized carbons (Fsp3) is 0.538. The van der Waals surface area contributed by atoms with Crippen LogP contribution in [0.4, 0.5) is 0 Å². The molecule has 0 fully saturated rings. The highest BCUT2D eigenvalue weighted by molar-refractivity contribution is 6.78. The van der Waals surface area contributed by atoms with Crippen LogP contribution in [0.2, 0.25) is 16.6 Å². The van der Waals surface area contributed by atoms with Gasteiger partial charge in [-0.25, -0.2) is 0 Å². The molecule has 1 atom stereocenters. The molecule has 0 saturated carbocycles. The van der Waals surface area contributed by atoms with Crippen LogP contribution in [-0.4, -0.2) is 34.4 Å². The molecule has 0 unspecified atom stereocenters. The summed E-state index contributed by atoms with van der Waals surface area (Å²) in [6.07, 6.45) is -0.203. The molecule has 32 heavy (non-hydrogen) atoms. The molecule has 0 saturated heterocycles. The fourth-order valence-electron chi connectivity index (χ4n) is 4.75. The second-order valence-electron chi connectivity index (χ2n) is 9.25. The van der Waals surface area contributed by atoms with Gasteiger partial charge in [0.1, 0.15) is 11.5 Å². The number of rotatable bonds is 12. The van der Waals surface area contributed by atoms with Crippen molar-refractivity contribution in [3.63, 3.8) is 0 Å². The predicted molar refractivity (Wildman–Crippen MR) is 132 cm³/mol. The van der Waals surface area contributed by atoms with E-state index in [1.165, 1.54) is 0 Å². The number of aliphatic hydroxyl groups is 1. The van der Waals surface area contributed by atoms with Crippen LogP contribution in [0.5, 0.6) is 17.2 Å². The number of ether oxygens (including phenoxy) is 3. The maximum atomic E-state index is 11.0. The lowest BCUT2D eigenvalue weighted by Crippen LogP contribution is -2.50. The van der Waals surface area contributed by atoms with E-state index in [0.29, 0.717) is 28.8 Å². The highest BCUT2D eigenvalue weighted by Crippen LogP contribution is 2.45. The van der Waals surface area contributed by atoms with Crippen LogP contribution in [0.25, 0.3) is 0 Å². The summed E-state index contributed by atoms with van der Waals surface area (Å²) in [4.78, 5) is 0. The number of methoxy groups -OCH3 is 2. The van der Waals surface area contributed by atoms with Gasteiger partial charge in [-0.3, -0.25) is 0 Å². The average molecular weight is 461 g/mol. The second kappa shape index (κ2) is 11.7. The first-order valence-electron chi connectivity index (χ1n) is 11.4. The highest BCUT2D eigenvalue weighted by atomic mass is 28.4. The molecule has 0 bridgehead atoms. The zero-order chi connectivity index (χ0) is 23.9. The normalized spacial score (nSPS) is 13.0. The number of hydrogen-bond donors (Lipinski definition) is 1. The summed E-state index contributed by atoms with van der Waals surface area (Å²) in [5.74, 6) is 2.15. The summed E-state index contributed by atoms with van der Waals surface area (Å²) in [6, 6.07) is 13.5. The number of hydrogen-bond acceptors (Lipinski definition) is 5. The molecule has 2 aromatic rings. The van der Waals surface area contributed by atoms with Gasteiger partial charge < -0.3 is 23.7 Å². The Morgan fingerprint density at radius 1 is 0.844 bits per heavy atom. The fourth-order valence-corrected chi connectivity index (χ4v) is 10.0. The van der Waals surface area contributed by atoms with Gasteiger partial charge in [0.05, 0.1) is 13.2 Å². The van der Waals surface area contributed by atoms with Gasteiger partial charge in [0.25, 0.3) is 8.32 Å². The molecule has 0 spiro atoms. The summed E-state index contributed by atoms with van der Waals surface area (Å²) in [5, 5.41) is 11.0. The van der Waals surface area contributed by atoms with E-state index in [1.807, 2.05) is 42.5 Å². The molecule has 6 heteroatoms. The lowest BCUT2D eigenvalue weighted by Gasteiger charge is -2.42. The Hall–Kier alpha value is -2.02. The molecule has 0 aliphatic carbocycles. The van der Waals surface area contributed by atoms with Crippen molar-refractivity contribution in [1.29, 1.82) is 0 Å². The van der Waals surface area contributed by atoms with Crippen LogP contribution in [0, 0.1) is 0 Å². The molecule has 0 aliphatic heterocycles. The largest absolute Gasteiger partial charge is 0.540 e. The quantitative estimate of drug-likeness (QED) is 0.289. The number of benzene rings is 2. The van der Waals surface area contributed by atoms with Gasteiger partial charge in [-0.05, 0) is 52.0 Å². The lowest BCUT2D eigenvalue weighted by atomic mass is 10.0. The average Bonchev–Trinajstić information content (AvgIpc) is 2.75. The van der Waals surface area contributed by atoms with Crippen molar-refractivity contribution < 1.29 is 23.7 Å². The third-order valence-electron chi connectivity index (χ3n) is 6.24. The van der Waals surface area contributed by atoms with Gasteiger partial charge in [0, 0.05) is 13.5 Å². The van der Waals surface area contributed by atoms with E-state index in [1.54, 1.807) is 14.2 Å². The molecule has 0 amide bonds. The molecule has 178 valence electrons. The van der Waals surface area contributed by atoms with Crippen molar-refractivity contribution in [3.8, 4) is 17.2 Å². The second-order valence-corrected chi connectivity index (χ2v) is 14.6. The highest BCUT2D eigenvalue weighted by Gasteiger charge is 2.47. The van der Waals surface area contributed by atoms with E-state index >= 15 is 0 Å². The molecule has 0 radical (unpaired) electrons. The van der Waals surface area contributed by atoms with Gasteiger partial charge in [-0.2, -0.15) is 0 Å². The third kappa shape index (κ3) is 6.06. The van der Waals surface area contributed by atoms with Crippen LogP contribution in [0.15, 0.2) is 42.5 Å². The summed E-state index contributed by atoms with van der Waals surface area (Å²) in [6.45, 7) is 13.8.